The van der Waals surface area contributed by atoms with E-state index in [0.29, 0.717) is 11.1 Å². The number of aryl methyl sites for hydroxylation is 1. The fraction of sp³-hybridized carbons (Fsp3) is 0.400. The molecule has 2 rings (SSSR count). The van der Waals surface area contributed by atoms with Crippen LogP contribution in [0.5, 0.6) is 5.75 Å². The summed E-state index contributed by atoms with van der Waals surface area (Å²) < 4.78 is 0. The Balaban J connectivity index is 2.82. The number of benzene rings is 1. The number of rotatable bonds is 3. The molecule has 0 saturated heterocycles. The first-order valence-electron chi connectivity index (χ1n) is 8.15. The lowest BCUT2D eigenvalue weighted by molar-refractivity contribution is -0.132. The van der Waals surface area contributed by atoms with Crippen LogP contribution in [0.1, 0.15) is 57.2 Å². The summed E-state index contributed by atoms with van der Waals surface area (Å²) in [5.41, 5.74) is 2.93. The summed E-state index contributed by atoms with van der Waals surface area (Å²) in [6, 6.07) is 3.43. The SMILES string of the molecule is CC1=C(c2cc(C(C)C)c(O)cc2C)C(O)=C(C(C)C)C(=O)C1=O. The number of hydrogen-bond acceptors (Lipinski definition) is 4. The van der Waals surface area contributed by atoms with Gasteiger partial charge in [0.1, 0.15) is 11.5 Å². The van der Waals surface area contributed by atoms with Crippen molar-refractivity contribution in [2.45, 2.75) is 47.5 Å². The summed E-state index contributed by atoms with van der Waals surface area (Å²) in [4.78, 5) is 24.6. The number of carbonyl (C=O) groups excluding carboxylic acids is 2. The Hall–Kier alpha value is -2.36. The van der Waals surface area contributed by atoms with Gasteiger partial charge in [-0.15, -0.1) is 0 Å². The van der Waals surface area contributed by atoms with E-state index in [-0.39, 0.29) is 34.5 Å². The van der Waals surface area contributed by atoms with Crippen molar-refractivity contribution in [1.29, 1.82) is 0 Å². The van der Waals surface area contributed by atoms with Gasteiger partial charge in [0.25, 0.3) is 0 Å². The first-order valence-corrected chi connectivity index (χ1v) is 8.15. The largest absolute Gasteiger partial charge is 0.508 e. The van der Waals surface area contributed by atoms with Crippen LogP contribution in [-0.2, 0) is 9.59 Å². The quantitative estimate of drug-likeness (QED) is 0.643. The van der Waals surface area contributed by atoms with Gasteiger partial charge in [-0.25, -0.2) is 0 Å². The lowest BCUT2D eigenvalue weighted by Gasteiger charge is -2.24. The molecular formula is C20H24O4. The normalized spacial score (nSPS) is 16.0. The van der Waals surface area contributed by atoms with E-state index in [1.807, 2.05) is 20.8 Å². The Morgan fingerprint density at radius 3 is 1.96 bits per heavy atom. The van der Waals surface area contributed by atoms with Gasteiger partial charge in [-0.1, -0.05) is 27.7 Å². The van der Waals surface area contributed by atoms with Gasteiger partial charge in [0, 0.05) is 16.7 Å². The van der Waals surface area contributed by atoms with Crippen LogP contribution in [0.4, 0.5) is 0 Å². The topological polar surface area (TPSA) is 74.6 Å². The molecule has 2 N–H and O–H groups in total. The number of carbonyl (C=O) groups is 2. The Morgan fingerprint density at radius 2 is 1.46 bits per heavy atom. The van der Waals surface area contributed by atoms with E-state index < -0.39 is 11.6 Å². The summed E-state index contributed by atoms with van der Waals surface area (Å²) in [7, 11) is 0. The summed E-state index contributed by atoms with van der Waals surface area (Å²) in [5.74, 6) is -1.33. The van der Waals surface area contributed by atoms with E-state index in [1.165, 1.54) is 0 Å². The number of aliphatic hydroxyl groups excluding tert-OH is 1. The van der Waals surface area contributed by atoms with Crippen molar-refractivity contribution in [3.8, 4) is 5.75 Å². The lowest BCUT2D eigenvalue weighted by atomic mass is 9.80. The fourth-order valence-corrected chi connectivity index (χ4v) is 3.13. The minimum Gasteiger partial charge on any atom is -0.508 e. The molecule has 0 heterocycles. The first kappa shape index (κ1) is 18.0. The number of Topliss-reactive ketones (excluding diaryl/α,β-unsaturated/α-hetero) is 2. The molecule has 0 fully saturated rings. The lowest BCUT2D eigenvalue weighted by Crippen LogP contribution is -2.27. The third-order valence-corrected chi connectivity index (χ3v) is 4.50. The summed E-state index contributed by atoms with van der Waals surface area (Å²) in [5, 5.41) is 20.9. The van der Waals surface area contributed by atoms with Gasteiger partial charge in [-0.2, -0.15) is 0 Å². The smallest absolute Gasteiger partial charge is 0.233 e. The van der Waals surface area contributed by atoms with Gasteiger partial charge in [-0.3, -0.25) is 9.59 Å². The van der Waals surface area contributed by atoms with Gasteiger partial charge < -0.3 is 10.2 Å². The molecule has 4 nitrogen and oxygen atoms in total. The predicted molar refractivity (Wildman–Crippen MR) is 94.0 cm³/mol. The molecular weight excluding hydrogens is 304 g/mol. The molecule has 1 aromatic carbocycles. The highest BCUT2D eigenvalue weighted by Gasteiger charge is 2.35. The number of ketones is 2. The highest BCUT2D eigenvalue weighted by Crippen LogP contribution is 2.39. The number of phenols is 1. The third-order valence-electron chi connectivity index (χ3n) is 4.50. The molecule has 0 radical (unpaired) electrons. The van der Waals surface area contributed by atoms with Crippen molar-refractivity contribution >= 4 is 17.1 Å². The van der Waals surface area contributed by atoms with Crippen LogP contribution in [-0.4, -0.2) is 21.8 Å². The number of aromatic hydroxyl groups is 1. The molecule has 0 unspecified atom stereocenters. The summed E-state index contributed by atoms with van der Waals surface area (Å²) >= 11 is 0. The van der Waals surface area contributed by atoms with Crippen molar-refractivity contribution in [3.05, 3.63) is 45.7 Å². The van der Waals surface area contributed by atoms with Gasteiger partial charge in [0.15, 0.2) is 0 Å². The van der Waals surface area contributed by atoms with Gasteiger partial charge in [0.2, 0.25) is 11.6 Å². The van der Waals surface area contributed by atoms with Crippen molar-refractivity contribution < 1.29 is 19.8 Å². The molecule has 0 saturated carbocycles. The molecule has 1 aliphatic rings. The molecule has 4 heteroatoms. The predicted octanol–water partition coefficient (Wildman–Crippen LogP) is 4.22. The minimum absolute atomic E-state index is 0.0851. The second-order valence-corrected chi connectivity index (χ2v) is 6.96. The van der Waals surface area contributed by atoms with E-state index in [0.717, 1.165) is 11.1 Å². The molecule has 0 atom stereocenters. The highest BCUT2D eigenvalue weighted by atomic mass is 16.3. The zero-order valence-electron chi connectivity index (χ0n) is 15.0. The second kappa shape index (κ2) is 6.27. The van der Waals surface area contributed by atoms with Crippen molar-refractivity contribution in [2.75, 3.05) is 0 Å². The minimum atomic E-state index is -0.635. The van der Waals surface area contributed by atoms with E-state index in [4.69, 9.17) is 0 Å². The molecule has 0 aromatic heterocycles. The average molecular weight is 328 g/mol. The average Bonchev–Trinajstić information content (AvgIpc) is 2.46. The number of hydrogen-bond donors (Lipinski definition) is 2. The van der Waals surface area contributed by atoms with E-state index in [9.17, 15) is 19.8 Å². The molecule has 1 aromatic rings. The standard InChI is InChI=1S/C20H24O4/c1-9(2)13-8-14(11(5)7-15(13)21)17-12(6)18(22)20(24)16(10(3)4)19(17)23/h7-10,21,23H,1-6H3. The first-order chi connectivity index (χ1) is 11.1. The fourth-order valence-electron chi connectivity index (χ4n) is 3.13. The van der Waals surface area contributed by atoms with E-state index >= 15 is 0 Å². The molecule has 0 spiro atoms. The van der Waals surface area contributed by atoms with E-state index in [2.05, 4.69) is 0 Å². The maximum atomic E-state index is 12.4. The third kappa shape index (κ3) is 2.77. The van der Waals surface area contributed by atoms with Gasteiger partial charge in [-0.05, 0) is 54.5 Å². The Labute approximate surface area is 142 Å². The molecule has 0 bridgehead atoms. The maximum Gasteiger partial charge on any atom is 0.233 e. The van der Waals surface area contributed by atoms with Crippen LogP contribution >= 0.6 is 0 Å². The van der Waals surface area contributed by atoms with Crippen LogP contribution in [0.25, 0.3) is 5.57 Å². The van der Waals surface area contributed by atoms with Crippen molar-refractivity contribution in [1.82, 2.24) is 0 Å². The molecule has 1 aliphatic carbocycles. The van der Waals surface area contributed by atoms with Crippen LogP contribution < -0.4 is 0 Å². The van der Waals surface area contributed by atoms with E-state index in [1.54, 1.807) is 32.9 Å². The molecule has 128 valence electrons. The Kier molecular flexibility index (Phi) is 4.70. The van der Waals surface area contributed by atoms with Crippen LogP contribution in [0.2, 0.25) is 0 Å². The zero-order valence-corrected chi connectivity index (χ0v) is 15.0. The maximum absolute atomic E-state index is 12.4. The van der Waals surface area contributed by atoms with Gasteiger partial charge >= 0.3 is 0 Å². The van der Waals surface area contributed by atoms with Crippen LogP contribution in [0.15, 0.2) is 29.0 Å². The monoisotopic (exact) mass is 328 g/mol. The summed E-state index contributed by atoms with van der Waals surface area (Å²) in [6.07, 6.45) is 0. The molecule has 0 aliphatic heterocycles. The molecule has 0 amide bonds. The summed E-state index contributed by atoms with van der Waals surface area (Å²) in [6.45, 7) is 10.8. The van der Waals surface area contributed by atoms with Crippen molar-refractivity contribution in [2.24, 2.45) is 5.92 Å². The van der Waals surface area contributed by atoms with Crippen molar-refractivity contribution in [3.63, 3.8) is 0 Å². The highest BCUT2D eigenvalue weighted by molar-refractivity contribution is 6.52. The van der Waals surface area contributed by atoms with Crippen LogP contribution in [0, 0.1) is 12.8 Å². The second-order valence-electron chi connectivity index (χ2n) is 6.96. The zero-order chi connectivity index (χ0) is 18.3. The van der Waals surface area contributed by atoms with Gasteiger partial charge in [0.05, 0.1) is 0 Å². The van der Waals surface area contributed by atoms with Crippen LogP contribution in [0.3, 0.4) is 0 Å². The Bertz CT molecular complexity index is 792. The number of phenolic OH excluding ortho intramolecular Hbond substituents is 1. The molecule has 24 heavy (non-hydrogen) atoms. The number of aliphatic hydroxyl groups is 1. The number of allylic oxidation sites excluding steroid dienone is 3. The Morgan fingerprint density at radius 1 is 0.875 bits per heavy atom.